The molecule has 2 rings (SSSR count). The van der Waals surface area contributed by atoms with Crippen LogP contribution < -0.4 is 0 Å². The summed E-state index contributed by atoms with van der Waals surface area (Å²) in [5.41, 5.74) is -1.37. The Morgan fingerprint density at radius 2 is 1.65 bits per heavy atom. The van der Waals surface area contributed by atoms with E-state index in [1.165, 1.54) is 0 Å². The SMILES string of the molecule is CC1(C)CC(C(O)c2cc(F)c(F)cc2F)C(C)(C)O1. The molecular formula is C15H19F3O2. The number of halogens is 3. The van der Waals surface area contributed by atoms with Crippen LogP contribution in [-0.4, -0.2) is 16.3 Å². The summed E-state index contributed by atoms with van der Waals surface area (Å²) in [6, 6.07) is 1.18. The number of aliphatic hydroxyl groups is 1. The molecule has 5 heteroatoms. The molecule has 112 valence electrons. The van der Waals surface area contributed by atoms with Crippen molar-refractivity contribution < 1.29 is 23.0 Å². The van der Waals surface area contributed by atoms with E-state index in [4.69, 9.17) is 4.74 Å². The fourth-order valence-electron chi connectivity index (χ4n) is 3.08. The molecule has 0 saturated carbocycles. The van der Waals surface area contributed by atoms with Gasteiger partial charge in [0.15, 0.2) is 11.6 Å². The van der Waals surface area contributed by atoms with Crippen LogP contribution in [0.5, 0.6) is 0 Å². The minimum Gasteiger partial charge on any atom is -0.388 e. The van der Waals surface area contributed by atoms with Crippen LogP contribution >= 0.6 is 0 Å². The van der Waals surface area contributed by atoms with Gasteiger partial charge in [-0.3, -0.25) is 0 Å². The summed E-state index contributed by atoms with van der Waals surface area (Å²) in [6.45, 7) is 7.35. The van der Waals surface area contributed by atoms with E-state index in [1.54, 1.807) is 13.8 Å². The molecule has 2 nitrogen and oxygen atoms in total. The highest BCUT2D eigenvalue weighted by Gasteiger charge is 2.49. The summed E-state index contributed by atoms with van der Waals surface area (Å²) >= 11 is 0. The van der Waals surface area contributed by atoms with Gasteiger partial charge in [0.2, 0.25) is 0 Å². The molecule has 0 aromatic heterocycles. The molecule has 0 radical (unpaired) electrons. The normalized spacial score (nSPS) is 25.7. The minimum absolute atomic E-state index is 0.233. The van der Waals surface area contributed by atoms with Crippen molar-refractivity contribution in [3.05, 3.63) is 35.1 Å². The van der Waals surface area contributed by atoms with Crippen LogP contribution in [0.2, 0.25) is 0 Å². The maximum atomic E-state index is 13.8. The van der Waals surface area contributed by atoms with Crippen LogP contribution in [-0.2, 0) is 4.74 Å². The molecule has 2 unspecified atom stereocenters. The van der Waals surface area contributed by atoms with E-state index < -0.39 is 40.7 Å². The first-order valence-electron chi connectivity index (χ1n) is 6.56. The van der Waals surface area contributed by atoms with Gasteiger partial charge in [-0.05, 0) is 40.2 Å². The molecular weight excluding hydrogens is 269 g/mol. The van der Waals surface area contributed by atoms with Gasteiger partial charge in [-0.15, -0.1) is 0 Å². The van der Waals surface area contributed by atoms with Crippen LogP contribution in [0, 0.1) is 23.4 Å². The molecule has 1 saturated heterocycles. The van der Waals surface area contributed by atoms with Crippen molar-refractivity contribution in [3.8, 4) is 0 Å². The number of ether oxygens (including phenoxy) is 1. The quantitative estimate of drug-likeness (QED) is 0.840. The number of aliphatic hydroxyl groups excluding tert-OH is 1. The van der Waals surface area contributed by atoms with E-state index in [9.17, 15) is 18.3 Å². The molecule has 1 aromatic carbocycles. The van der Waals surface area contributed by atoms with E-state index in [0.29, 0.717) is 12.5 Å². The van der Waals surface area contributed by atoms with E-state index in [-0.39, 0.29) is 5.56 Å². The van der Waals surface area contributed by atoms with Crippen LogP contribution in [0.4, 0.5) is 13.2 Å². The molecule has 0 amide bonds. The molecule has 2 atom stereocenters. The number of rotatable bonds is 2. The van der Waals surface area contributed by atoms with Crippen molar-refractivity contribution in [1.29, 1.82) is 0 Å². The average molecular weight is 288 g/mol. The Balaban J connectivity index is 2.37. The highest BCUT2D eigenvalue weighted by atomic mass is 19.2. The summed E-state index contributed by atoms with van der Waals surface area (Å²) < 4.78 is 45.8. The summed E-state index contributed by atoms with van der Waals surface area (Å²) in [6.07, 6.45) is -0.749. The molecule has 1 N–H and O–H groups in total. The maximum absolute atomic E-state index is 13.8. The molecule has 1 fully saturated rings. The number of hydrogen-bond donors (Lipinski definition) is 1. The zero-order valence-corrected chi connectivity index (χ0v) is 12.0. The molecule has 1 heterocycles. The third kappa shape index (κ3) is 2.69. The molecule has 1 aliphatic rings. The zero-order chi connectivity index (χ0) is 15.3. The number of benzene rings is 1. The third-order valence-electron chi connectivity index (χ3n) is 3.88. The van der Waals surface area contributed by atoms with Crippen molar-refractivity contribution in [1.82, 2.24) is 0 Å². The Labute approximate surface area is 116 Å². The van der Waals surface area contributed by atoms with Gasteiger partial charge < -0.3 is 9.84 Å². The fraction of sp³-hybridized carbons (Fsp3) is 0.600. The second kappa shape index (κ2) is 4.74. The lowest BCUT2D eigenvalue weighted by molar-refractivity contribution is -0.0883. The molecule has 1 aliphatic heterocycles. The third-order valence-corrected chi connectivity index (χ3v) is 3.88. The Morgan fingerprint density at radius 1 is 1.10 bits per heavy atom. The number of hydrogen-bond acceptors (Lipinski definition) is 2. The molecule has 0 spiro atoms. The summed E-state index contributed by atoms with van der Waals surface area (Å²) in [7, 11) is 0. The van der Waals surface area contributed by atoms with Gasteiger partial charge in [-0.2, -0.15) is 0 Å². The predicted octanol–water partition coefficient (Wildman–Crippen LogP) is 3.73. The van der Waals surface area contributed by atoms with Crippen LogP contribution in [0.3, 0.4) is 0 Å². The average Bonchev–Trinajstić information content (AvgIpc) is 2.51. The Kier molecular flexibility index (Phi) is 3.63. The van der Waals surface area contributed by atoms with E-state index >= 15 is 0 Å². The molecule has 0 aliphatic carbocycles. The highest BCUT2D eigenvalue weighted by molar-refractivity contribution is 5.24. The van der Waals surface area contributed by atoms with Gasteiger partial charge in [-0.25, -0.2) is 13.2 Å². The minimum atomic E-state index is -1.26. The lowest BCUT2D eigenvalue weighted by Gasteiger charge is -2.30. The smallest absolute Gasteiger partial charge is 0.161 e. The fourth-order valence-corrected chi connectivity index (χ4v) is 3.08. The summed E-state index contributed by atoms with van der Waals surface area (Å²) in [5.74, 6) is -3.79. The van der Waals surface area contributed by atoms with Crippen LogP contribution in [0.25, 0.3) is 0 Å². The second-order valence-electron chi connectivity index (χ2n) is 6.51. The molecule has 1 aromatic rings. The van der Waals surface area contributed by atoms with Crippen molar-refractivity contribution >= 4 is 0 Å². The summed E-state index contributed by atoms with van der Waals surface area (Å²) in [4.78, 5) is 0. The van der Waals surface area contributed by atoms with Crippen molar-refractivity contribution in [2.75, 3.05) is 0 Å². The van der Waals surface area contributed by atoms with Gasteiger partial charge in [0, 0.05) is 17.5 Å². The molecule has 20 heavy (non-hydrogen) atoms. The first kappa shape index (κ1) is 15.3. The topological polar surface area (TPSA) is 29.5 Å². The maximum Gasteiger partial charge on any atom is 0.161 e. The van der Waals surface area contributed by atoms with Crippen LogP contribution in [0.15, 0.2) is 12.1 Å². The predicted molar refractivity (Wildman–Crippen MR) is 68.6 cm³/mol. The first-order valence-corrected chi connectivity index (χ1v) is 6.56. The van der Waals surface area contributed by atoms with Gasteiger partial charge in [0.1, 0.15) is 5.82 Å². The van der Waals surface area contributed by atoms with E-state index in [1.807, 2.05) is 13.8 Å². The molecule has 0 bridgehead atoms. The lowest BCUT2D eigenvalue weighted by Crippen LogP contribution is -2.33. The van der Waals surface area contributed by atoms with Crippen molar-refractivity contribution in [2.45, 2.75) is 51.4 Å². The highest BCUT2D eigenvalue weighted by Crippen LogP contribution is 2.48. The summed E-state index contributed by atoms with van der Waals surface area (Å²) in [5, 5.41) is 10.4. The lowest BCUT2D eigenvalue weighted by atomic mass is 9.80. The standard InChI is InChI=1S/C15H19F3O2/c1-14(2)7-9(15(3,4)20-14)13(19)8-5-11(17)12(18)6-10(8)16/h5-6,9,13,19H,7H2,1-4H3. The monoisotopic (exact) mass is 288 g/mol. The Hall–Kier alpha value is -1.07. The largest absolute Gasteiger partial charge is 0.388 e. The second-order valence-corrected chi connectivity index (χ2v) is 6.51. The van der Waals surface area contributed by atoms with Crippen molar-refractivity contribution in [2.24, 2.45) is 5.92 Å². The van der Waals surface area contributed by atoms with Crippen LogP contribution in [0.1, 0.15) is 45.8 Å². The van der Waals surface area contributed by atoms with Crippen molar-refractivity contribution in [3.63, 3.8) is 0 Å². The van der Waals surface area contributed by atoms with E-state index in [0.717, 1.165) is 6.07 Å². The van der Waals surface area contributed by atoms with Gasteiger partial charge in [-0.1, -0.05) is 0 Å². The van der Waals surface area contributed by atoms with Gasteiger partial charge in [0.05, 0.1) is 17.3 Å². The Bertz CT molecular complexity index is 526. The zero-order valence-electron chi connectivity index (χ0n) is 12.0. The first-order chi connectivity index (χ1) is 9.03. The van der Waals surface area contributed by atoms with E-state index in [2.05, 4.69) is 0 Å². The Morgan fingerprint density at radius 3 is 2.15 bits per heavy atom. The van der Waals surface area contributed by atoms with Gasteiger partial charge >= 0.3 is 0 Å². The van der Waals surface area contributed by atoms with Gasteiger partial charge in [0.25, 0.3) is 0 Å².